The van der Waals surface area contributed by atoms with Crippen molar-refractivity contribution in [3.63, 3.8) is 0 Å². The third-order valence-electron chi connectivity index (χ3n) is 7.87. The Kier molecular flexibility index (Phi) is 7.09. The summed E-state index contributed by atoms with van der Waals surface area (Å²) in [6, 6.07) is 31.3. The van der Waals surface area contributed by atoms with E-state index in [0.717, 1.165) is 27.7 Å². The van der Waals surface area contributed by atoms with Gasteiger partial charge in [-0.3, -0.25) is 14.5 Å². The number of fused-ring (bicyclic) bond motifs is 5. The molecule has 3 unspecified atom stereocenters. The van der Waals surface area contributed by atoms with Gasteiger partial charge in [-0.2, -0.15) is 0 Å². The molecule has 1 saturated heterocycles. The largest absolute Gasteiger partial charge is 0.356 e. The molecule has 2 N–H and O–H groups in total. The number of carbonyl (C=O) groups is 2. The molecule has 5 aromatic rings. The second-order valence-corrected chi connectivity index (χ2v) is 12.2. The van der Waals surface area contributed by atoms with Gasteiger partial charge in [-0.1, -0.05) is 78.9 Å². The molecule has 1 aromatic heterocycles. The molecule has 2 aliphatic heterocycles. The van der Waals surface area contributed by atoms with E-state index in [2.05, 4.69) is 9.71 Å². The lowest BCUT2D eigenvalue weighted by Crippen LogP contribution is -2.48. The van der Waals surface area contributed by atoms with Crippen LogP contribution in [0.2, 0.25) is 0 Å². The average Bonchev–Trinajstić information content (AvgIpc) is 3.69. The highest BCUT2D eigenvalue weighted by molar-refractivity contribution is 7.90. The molecule has 0 aliphatic carbocycles. The highest BCUT2D eigenvalue weighted by Crippen LogP contribution is 2.49. The first-order chi connectivity index (χ1) is 21.4. The van der Waals surface area contributed by atoms with E-state index in [1.807, 2.05) is 54.6 Å². The number of para-hydroxylation sites is 1. The first-order valence-electron chi connectivity index (χ1n) is 14.0. The number of aromatic amines is 1. The lowest BCUT2D eigenvalue weighted by Gasteiger charge is -2.41. The minimum absolute atomic E-state index is 0.00335. The van der Waals surface area contributed by atoms with Gasteiger partial charge in [0, 0.05) is 33.8 Å². The molecular formula is C34H27N3O6S. The Hall–Kier alpha value is -5.03. The second kappa shape index (κ2) is 11.2. The van der Waals surface area contributed by atoms with Gasteiger partial charge in [-0.05, 0) is 47.5 Å². The molecule has 0 bridgehead atoms. The molecule has 220 valence electrons. The number of carbonyl (C=O) groups excluding carboxylic acids is 2. The summed E-state index contributed by atoms with van der Waals surface area (Å²) in [4.78, 5) is 31.9. The van der Waals surface area contributed by atoms with Crippen molar-refractivity contribution in [1.29, 1.82) is 0 Å². The van der Waals surface area contributed by atoms with Crippen LogP contribution in [0.5, 0.6) is 0 Å². The van der Waals surface area contributed by atoms with Crippen molar-refractivity contribution in [2.24, 2.45) is 0 Å². The van der Waals surface area contributed by atoms with E-state index in [1.54, 1.807) is 41.3 Å². The van der Waals surface area contributed by atoms with Crippen molar-refractivity contribution < 1.29 is 27.5 Å². The van der Waals surface area contributed by atoms with Gasteiger partial charge in [0.25, 0.3) is 15.9 Å². The maximum Gasteiger partial charge on any atom is 0.264 e. The van der Waals surface area contributed by atoms with Crippen molar-refractivity contribution in [2.75, 3.05) is 6.79 Å². The molecule has 0 saturated carbocycles. The van der Waals surface area contributed by atoms with Crippen molar-refractivity contribution in [1.82, 2.24) is 14.6 Å². The summed E-state index contributed by atoms with van der Waals surface area (Å²) in [6.45, 7) is 0.0623. The number of hydrogen-bond donors (Lipinski definition) is 2. The minimum atomic E-state index is -4.01. The lowest BCUT2D eigenvalue weighted by atomic mass is 9.89. The zero-order chi connectivity index (χ0) is 30.3. The Balaban J connectivity index is 1.16. The van der Waals surface area contributed by atoms with Crippen LogP contribution in [0, 0.1) is 0 Å². The summed E-state index contributed by atoms with van der Waals surface area (Å²) < 4.78 is 39.2. The molecule has 2 amide bonds. The van der Waals surface area contributed by atoms with Gasteiger partial charge in [-0.25, -0.2) is 13.1 Å². The summed E-state index contributed by atoms with van der Waals surface area (Å²) in [7, 11) is -4.01. The van der Waals surface area contributed by atoms with Gasteiger partial charge in [0.2, 0.25) is 5.91 Å². The Morgan fingerprint density at radius 3 is 2.27 bits per heavy atom. The number of sulfonamides is 1. The Bertz CT molecular complexity index is 1990. The maximum atomic E-state index is 13.9. The van der Waals surface area contributed by atoms with Crippen LogP contribution in [0.3, 0.4) is 0 Å². The van der Waals surface area contributed by atoms with Crippen LogP contribution in [-0.2, 0) is 24.3 Å². The zero-order valence-corrected chi connectivity index (χ0v) is 24.1. The number of amides is 2. The molecular weight excluding hydrogens is 578 g/mol. The minimum Gasteiger partial charge on any atom is -0.356 e. The monoisotopic (exact) mass is 605 g/mol. The summed E-state index contributed by atoms with van der Waals surface area (Å²) in [5, 5.41) is 1.03. The predicted molar refractivity (Wildman–Crippen MR) is 164 cm³/mol. The molecule has 9 nitrogen and oxygen atoms in total. The Morgan fingerprint density at radius 1 is 0.841 bits per heavy atom. The van der Waals surface area contributed by atoms with Crippen LogP contribution in [0.4, 0.5) is 0 Å². The quantitative estimate of drug-likeness (QED) is 0.254. The van der Waals surface area contributed by atoms with Crippen molar-refractivity contribution in [3.05, 3.63) is 143 Å². The van der Waals surface area contributed by atoms with E-state index in [1.165, 1.54) is 30.3 Å². The number of benzene rings is 4. The molecule has 44 heavy (non-hydrogen) atoms. The van der Waals surface area contributed by atoms with Crippen molar-refractivity contribution in [3.8, 4) is 0 Å². The van der Waals surface area contributed by atoms with Crippen LogP contribution in [0.25, 0.3) is 17.0 Å². The van der Waals surface area contributed by atoms with E-state index in [4.69, 9.17) is 9.47 Å². The second-order valence-electron chi connectivity index (χ2n) is 10.5. The molecule has 10 heteroatoms. The first kappa shape index (κ1) is 27.8. The third kappa shape index (κ3) is 4.98. The topological polar surface area (TPSA) is 118 Å². The fourth-order valence-corrected chi connectivity index (χ4v) is 6.85. The van der Waals surface area contributed by atoms with E-state index in [-0.39, 0.29) is 23.2 Å². The number of nitrogens with zero attached hydrogens (tertiary/aromatic N) is 1. The summed E-state index contributed by atoms with van der Waals surface area (Å²) in [5.74, 6) is -1.03. The first-order valence-corrected chi connectivity index (χ1v) is 15.5. The van der Waals surface area contributed by atoms with E-state index in [9.17, 15) is 18.0 Å². The molecule has 2 aliphatic rings. The van der Waals surface area contributed by atoms with Gasteiger partial charge in [-0.15, -0.1) is 0 Å². The van der Waals surface area contributed by atoms with Crippen molar-refractivity contribution in [2.45, 2.75) is 23.3 Å². The molecule has 1 fully saturated rings. The van der Waals surface area contributed by atoms with Crippen LogP contribution in [0.15, 0.2) is 120 Å². The number of aromatic nitrogens is 1. The number of hydrogen-bond acceptors (Lipinski definition) is 6. The number of ether oxygens (including phenoxy) is 2. The van der Waals surface area contributed by atoms with Crippen LogP contribution in [0.1, 0.15) is 44.9 Å². The van der Waals surface area contributed by atoms with Gasteiger partial charge in [0.1, 0.15) is 12.1 Å². The van der Waals surface area contributed by atoms with Gasteiger partial charge >= 0.3 is 0 Å². The number of H-pyrrole nitrogens is 1. The van der Waals surface area contributed by atoms with E-state index in [0.29, 0.717) is 5.56 Å². The van der Waals surface area contributed by atoms with Crippen LogP contribution < -0.4 is 4.72 Å². The summed E-state index contributed by atoms with van der Waals surface area (Å²) in [5.41, 5.74) is 4.58. The molecule has 3 heterocycles. The molecule has 4 aromatic carbocycles. The molecule has 0 spiro atoms. The lowest BCUT2D eigenvalue weighted by molar-refractivity contribution is -0.143. The third-order valence-corrected chi connectivity index (χ3v) is 9.22. The Labute approximate surface area is 253 Å². The van der Waals surface area contributed by atoms with Gasteiger partial charge in [0.05, 0.1) is 4.90 Å². The highest BCUT2D eigenvalue weighted by Gasteiger charge is 2.49. The fraction of sp³-hybridized carbons (Fsp3) is 0.118. The van der Waals surface area contributed by atoms with Crippen LogP contribution >= 0.6 is 0 Å². The predicted octanol–water partition coefficient (Wildman–Crippen LogP) is 5.30. The van der Waals surface area contributed by atoms with Gasteiger partial charge < -0.3 is 14.5 Å². The average molecular weight is 606 g/mol. The summed E-state index contributed by atoms with van der Waals surface area (Å²) >= 11 is 0. The molecule has 0 radical (unpaired) electrons. The van der Waals surface area contributed by atoms with E-state index < -0.39 is 34.3 Å². The molecule has 7 rings (SSSR count). The highest BCUT2D eigenvalue weighted by atomic mass is 32.2. The standard InChI is InChI=1S/C34H27N3O6S/c38-28(20-17-22-15-18-24(19-16-22)33(39)36-44(40,41)25-11-5-2-6-12-25)37-31(23-9-3-1-4-10-23)30-29(32-34(37)43-21-42-32)26-13-7-8-14-27(26)35-30/h1-20,31-32,34-35H,21H2,(H,36,39)/b20-17+. The normalized spacial score (nSPS) is 19.5. The van der Waals surface area contributed by atoms with Crippen LogP contribution in [-0.4, -0.2) is 43.1 Å². The Morgan fingerprint density at radius 2 is 1.52 bits per heavy atom. The molecule has 3 atom stereocenters. The van der Waals surface area contributed by atoms with Crippen molar-refractivity contribution >= 4 is 38.8 Å². The fourth-order valence-electron chi connectivity index (χ4n) is 5.85. The zero-order valence-electron chi connectivity index (χ0n) is 23.3. The van der Waals surface area contributed by atoms with Gasteiger partial charge in [0.15, 0.2) is 13.0 Å². The number of rotatable bonds is 6. The SMILES string of the molecule is O=C(NS(=O)(=O)c1ccccc1)c1ccc(/C=C/C(=O)N2C(c3ccccc3)c3[nH]c4ccccc4c3C3OCOC32)cc1. The summed E-state index contributed by atoms with van der Waals surface area (Å²) in [6.07, 6.45) is 2.03. The van der Waals surface area contributed by atoms with E-state index >= 15 is 0 Å². The maximum absolute atomic E-state index is 13.9. The number of nitrogens with one attached hydrogen (secondary N) is 2. The smallest absolute Gasteiger partial charge is 0.264 e.